The fraction of sp³-hybridized carbons (Fsp3) is 1.00. The molecule has 0 bridgehead atoms. The highest BCUT2D eigenvalue weighted by atomic mass is 16.5. The maximum absolute atomic E-state index is 5.22. The molecule has 1 aliphatic heterocycles. The molecule has 0 spiro atoms. The van der Waals surface area contributed by atoms with Crippen LogP contribution in [0.4, 0.5) is 0 Å². The van der Waals surface area contributed by atoms with E-state index in [9.17, 15) is 0 Å². The Balaban J connectivity index is 2.20. The summed E-state index contributed by atoms with van der Waals surface area (Å²) in [7, 11) is 1.79. The number of hydrogen-bond donors (Lipinski definition) is 1. The van der Waals surface area contributed by atoms with Gasteiger partial charge in [-0.1, -0.05) is 13.8 Å². The minimum Gasteiger partial charge on any atom is -0.383 e. The van der Waals surface area contributed by atoms with Crippen LogP contribution in [0.5, 0.6) is 0 Å². The summed E-state index contributed by atoms with van der Waals surface area (Å²) in [5.74, 6) is 0. The van der Waals surface area contributed by atoms with E-state index in [-0.39, 0.29) is 0 Å². The van der Waals surface area contributed by atoms with Crippen molar-refractivity contribution in [3.8, 4) is 0 Å². The molecule has 3 nitrogen and oxygen atoms in total. The molecule has 0 saturated carbocycles. The molecule has 16 heavy (non-hydrogen) atoms. The number of piperidine rings is 1. The Bertz CT molecular complexity index is 167. The fourth-order valence-corrected chi connectivity index (χ4v) is 2.46. The molecule has 0 amide bonds. The Morgan fingerprint density at radius 3 is 2.50 bits per heavy atom. The maximum atomic E-state index is 5.22. The van der Waals surface area contributed by atoms with E-state index in [0.29, 0.717) is 12.1 Å². The second-order valence-electron chi connectivity index (χ2n) is 4.84. The molecule has 0 aromatic carbocycles. The summed E-state index contributed by atoms with van der Waals surface area (Å²) in [6.07, 6.45) is 5.02. The van der Waals surface area contributed by atoms with Crippen LogP contribution in [-0.2, 0) is 4.74 Å². The highest BCUT2D eigenvalue weighted by Gasteiger charge is 2.20. The summed E-state index contributed by atoms with van der Waals surface area (Å²) in [5.41, 5.74) is 0. The Morgan fingerprint density at radius 1 is 1.31 bits per heavy atom. The molecule has 1 N–H and O–H groups in total. The predicted octanol–water partition coefficient (Wildman–Crippen LogP) is 1.88. The molecule has 1 saturated heterocycles. The first-order chi connectivity index (χ1) is 7.80. The van der Waals surface area contributed by atoms with Crippen LogP contribution < -0.4 is 5.32 Å². The first-order valence-electron chi connectivity index (χ1n) is 6.77. The molecular weight excluding hydrogens is 200 g/mol. The Morgan fingerprint density at radius 2 is 2.00 bits per heavy atom. The average Bonchev–Trinajstić information content (AvgIpc) is 2.31. The van der Waals surface area contributed by atoms with Crippen LogP contribution >= 0.6 is 0 Å². The van der Waals surface area contributed by atoms with Crippen LogP contribution in [0.2, 0.25) is 0 Å². The lowest BCUT2D eigenvalue weighted by Crippen LogP contribution is -2.47. The Kier molecular flexibility index (Phi) is 7.01. The summed E-state index contributed by atoms with van der Waals surface area (Å²) in [4.78, 5) is 2.58. The topological polar surface area (TPSA) is 24.5 Å². The van der Waals surface area contributed by atoms with Crippen molar-refractivity contribution in [3.63, 3.8) is 0 Å². The Hall–Kier alpha value is -0.120. The van der Waals surface area contributed by atoms with Gasteiger partial charge in [-0.05, 0) is 45.3 Å². The molecular formula is C13H28N2O. The van der Waals surface area contributed by atoms with Crippen LogP contribution in [0.1, 0.15) is 39.5 Å². The third-order valence-electron chi connectivity index (χ3n) is 3.46. The first-order valence-corrected chi connectivity index (χ1v) is 6.77. The number of nitrogens with zero attached hydrogens (tertiary/aromatic N) is 1. The lowest BCUT2D eigenvalue weighted by molar-refractivity contribution is 0.140. The molecule has 1 unspecified atom stereocenters. The standard InChI is InChI=1S/C13H28N2O/c1-4-8-15-9-6-13(7-10-15)14-12(5-2)11-16-3/h12-14H,4-11H2,1-3H3. The fourth-order valence-electron chi connectivity index (χ4n) is 2.46. The number of hydrogen-bond acceptors (Lipinski definition) is 3. The molecule has 1 atom stereocenters. The van der Waals surface area contributed by atoms with Crippen molar-refractivity contribution < 1.29 is 4.74 Å². The third kappa shape index (κ3) is 4.81. The van der Waals surface area contributed by atoms with Gasteiger partial charge in [0.2, 0.25) is 0 Å². The van der Waals surface area contributed by atoms with E-state index in [1.54, 1.807) is 7.11 Å². The van der Waals surface area contributed by atoms with E-state index in [1.807, 2.05) is 0 Å². The number of nitrogens with one attached hydrogen (secondary N) is 1. The van der Waals surface area contributed by atoms with Crippen LogP contribution in [0.25, 0.3) is 0 Å². The zero-order valence-corrected chi connectivity index (χ0v) is 11.2. The molecule has 1 fully saturated rings. The average molecular weight is 228 g/mol. The summed E-state index contributed by atoms with van der Waals surface area (Å²) in [6, 6.07) is 1.24. The van der Waals surface area contributed by atoms with Crippen molar-refractivity contribution in [2.75, 3.05) is 33.4 Å². The normalized spacial score (nSPS) is 21.2. The summed E-state index contributed by atoms with van der Waals surface area (Å²) in [5, 5.41) is 3.72. The molecule has 0 aliphatic carbocycles. The van der Waals surface area contributed by atoms with Crippen molar-refractivity contribution in [2.45, 2.75) is 51.6 Å². The summed E-state index contributed by atoms with van der Waals surface area (Å²) >= 11 is 0. The smallest absolute Gasteiger partial charge is 0.0615 e. The quantitative estimate of drug-likeness (QED) is 0.720. The molecule has 3 heteroatoms. The second kappa shape index (κ2) is 8.04. The minimum absolute atomic E-state index is 0.535. The Labute approximate surface area is 101 Å². The number of ether oxygens (including phenoxy) is 1. The van der Waals surface area contributed by atoms with E-state index >= 15 is 0 Å². The lowest BCUT2D eigenvalue weighted by Gasteiger charge is -2.34. The van der Waals surface area contributed by atoms with Gasteiger partial charge in [0.1, 0.15) is 0 Å². The SMILES string of the molecule is CCCN1CCC(NC(CC)COC)CC1. The minimum atomic E-state index is 0.535. The van der Waals surface area contributed by atoms with Gasteiger partial charge in [0, 0.05) is 19.2 Å². The van der Waals surface area contributed by atoms with E-state index < -0.39 is 0 Å². The zero-order valence-electron chi connectivity index (χ0n) is 11.2. The molecule has 0 aromatic heterocycles. The van der Waals surface area contributed by atoms with Gasteiger partial charge in [0.05, 0.1) is 6.61 Å². The van der Waals surface area contributed by atoms with Crippen LogP contribution in [-0.4, -0.2) is 50.3 Å². The predicted molar refractivity (Wildman–Crippen MR) is 68.8 cm³/mol. The zero-order chi connectivity index (χ0) is 11.8. The monoisotopic (exact) mass is 228 g/mol. The summed E-state index contributed by atoms with van der Waals surface area (Å²) in [6.45, 7) is 9.11. The van der Waals surface area contributed by atoms with Crippen LogP contribution in [0.15, 0.2) is 0 Å². The van der Waals surface area contributed by atoms with Crippen molar-refractivity contribution in [3.05, 3.63) is 0 Å². The second-order valence-corrected chi connectivity index (χ2v) is 4.84. The molecule has 96 valence electrons. The number of methoxy groups -OCH3 is 1. The largest absolute Gasteiger partial charge is 0.383 e. The van der Waals surface area contributed by atoms with Gasteiger partial charge >= 0.3 is 0 Å². The molecule has 1 heterocycles. The number of rotatable bonds is 7. The van der Waals surface area contributed by atoms with Crippen molar-refractivity contribution in [1.29, 1.82) is 0 Å². The van der Waals surface area contributed by atoms with Gasteiger partial charge < -0.3 is 15.0 Å². The maximum Gasteiger partial charge on any atom is 0.0615 e. The van der Waals surface area contributed by atoms with Gasteiger partial charge in [-0.2, -0.15) is 0 Å². The lowest BCUT2D eigenvalue weighted by atomic mass is 10.0. The van der Waals surface area contributed by atoms with Crippen LogP contribution in [0.3, 0.4) is 0 Å². The van der Waals surface area contributed by atoms with Gasteiger partial charge in [0.15, 0.2) is 0 Å². The van der Waals surface area contributed by atoms with E-state index in [2.05, 4.69) is 24.1 Å². The highest BCUT2D eigenvalue weighted by Crippen LogP contribution is 2.11. The van der Waals surface area contributed by atoms with E-state index in [1.165, 1.54) is 38.9 Å². The van der Waals surface area contributed by atoms with Crippen LogP contribution in [0, 0.1) is 0 Å². The van der Waals surface area contributed by atoms with Gasteiger partial charge in [-0.15, -0.1) is 0 Å². The van der Waals surface area contributed by atoms with Gasteiger partial charge in [-0.3, -0.25) is 0 Å². The van der Waals surface area contributed by atoms with Gasteiger partial charge in [0.25, 0.3) is 0 Å². The summed E-state index contributed by atoms with van der Waals surface area (Å²) < 4.78 is 5.22. The van der Waals surface area contributed by atoms with Crippen molar-refractivity contribution in [1.82, 2.24) is 10.2 Å². The van der Waals surface area contributed by atoms with Gasteiger partial charge in [-0.25, -0.2) is 0 Å². The van der Waals surface area contributed by atoms with Crippen molar-refractivity contribution in [2.24, 2.45) is 0 Å². The molecule has 1 aliphatic rings. The van der Waals surface area contributed by atoms with E-state index in [0.717, 1.165) is 13.0 Å². The highest BCUT2D eigenvalue weighted by molar-refractivity contribution is 4.80. The molecule has 0 aromatic rings. The van der Waals surface area contributed by atoms with Crippen molar-refractivity contribution >= 4 is 0 Å². The molecule has 0 radical (unpaired) electrons. The molecule has 1 rings (SSSR count). The van der Waals surface area contributed by atoms with E-state index in [4.69, 9.17) is 4.74 Å². The number of likely N-dealkylation sites (tertiary alicyclic amines) is 1. The first kappa shape index (κ1) is 13.9. The third-order valence-corrected chi connectivity index (χ3v) is 3.46.